The molecule has 2 aromatic carbocycles. The molecule has 1 aliphatic rings. The molecule has 0 unspecified atom stereocenters. The fraction of sp³-hybridized carbons (Fsp3) is 0.348. The number of benzene rings is 2. The Kier molecular flexibility index (Phi) is 6.65. The van der Waals surface area contributed by atoms with Crippen molar-refractivity contribution < 1.29 is 19.1 Å². The largest absolute Gasteiger partial charge is 0.466 e. The van der Waals surface area contributed by atoms with Gasteiger partial charge in [-0.3, -0.25) is 14.5 Å². The van der Waals surface area contributed by atoms with Gasteiger partial charge in [0.1, 0.15) is 0 Å². The van der Waals surface area contributed by atoms with Crippen LogP contribution in [0.4, 0.5) is 4.79 Å². The molecule has 1 saturated heterocycles. The topological polar surface area (TPSA) is 75.7 Å². The molecular formula is C23H26N2O4. The maximum atomic E-state index is 13.4. The molecule has 0 spiro atoms. The van der Waals surface area contributed by atoms with Crippen LogP contribution in [-0.2, 0) is 26.3 Å². The van der Waals surface area contributed by atoms with Crippen LogP contribution in [-0.4, -0.2) is 36.0 Å². The lowest BCUT2D eigenvalue weighted by Gasteiger charge is -2.27. The third kappa shape index (κ3) is 4.65. The number of ether oxygens (including phenoxy) is 1. The van der Waals surface area contributed by atoms with Crippen molar-refractivity contribution in [2.45, 2.75) is 38.1 Å². The van der Waals surface area contributed by atoms with Gasteiger partial charge in [-0.05, 0) is 17.5 Å². The van der Waals surface area contributed by atoms with Gasteiger partial charge in [0.15, 0.2) is 5.54 Å². The summed E-state index contributed by atoms with van der Waals surface area (Å²) in [7, 11) is 0. The SMILES string of the molecule is CCCCOC(=O)CCN1C(=O)N[C@](Cc2ccccc2)(c2ccccc2)C1=O. The maximum Gasteiger partial charge on any atom is 0.325 e. The molecule has 0 bridgehead atoms. The number of hydrogen-bond acceptors (Lipinski definition) is 4. The number of amides is 3. The van der Waals surface area contributed by atoms with Gasteiger partial charge in [-0.15, -0.1) is 0 Å². The molecule has 1 N–H and O–H groups in total. The molecule has 0 aliphatic carbocycles. The summed E-state index contributed by atoms with van der Waals surface area (Å²) in [6, 6.07) is 18.3. The minimum absolute atomic E-state index is 0.000994. The number of imide groups is 1. The molecule has 1 fully saturated rings. The standard InChI is InChI=1S/C23H26N2O4/c1-2-3-16-29-20(26)14-15-25-21(27)23(24-22(25)28,19-12-8-5-9-13-19)17-18-10-6-4-7-11-18/h4-13H,2-3,14-17H2,1H3,(H,24,28)/t23-/m1/s1. The van der Waals surface area contributed by atoms with Crippen molar-refractivity contribution in [1.29, 1.82) is 0 Å². The average Bonchev–Trinajstić information content (AvgIpc) is 2.98. The minimum atomic E-state index is -1.19. The second-order valence-electron chi connectivity index (χ2n) is 7.14. The van der Waals surface area contributed by atoms with Crippen molar-refractivity contribution in [1.82, 2.24) is 10.2 Å². The summed E-state index contributed by atoms with van der Waals surface area (Å²) in [6.07, 6.45) is 2.04. The quantitative estimate of drug-likeness (QED) is 0.402. The maximum absolute atomic E-state index is 13.4. The van der Waals surface area contributed by atoms with E-state index in [0.29, 0.717) is 13.0 Å². The predicted molar refractivity (Wildman–Crippen MR) is 109 cm³/mol. The van der Waals surface area contributed by atoms with E-state index in [0.717, 1.165) is 28.9 Å². The van der Waals surface area contributed by atoms with Crippen LogP contribution in [0.5, 0.6) is 0 Å². The molecule has 0 saturated carbocycles. The van der Waals surface area contributed by atoms with Crippen molar-refractivity contribution in [2.24, 2.45) is 0 Å². The first-order valence-corrected chi connectivity index (χ1v) is 9.96. The van der Waals surface area contributed by atoms with Crippen LogP contribution in [0.1, 0.15) is 37.3 Å². The van der Waals surface area contributed by atoms with Crippen LogP contribution in [0.3, 0.4) is 0 Å². The van der Waals surface area contributed by atoms with E-state index in [4.69, 9.17) is 4.74 Å². The first-order chi connectivity index (χ1) is 14.1. The Labute approximate surface area is 170 Å². The smallest absolute Gasteiger partial charge is 0.325 e. The van der Waals surface area contributed by atoms with Crippen molar-refractivity contribution in [3.63, 3.8) is 0 Å². The van der Waals surface area contributed by atoms with E-state index in [1.54, 1.807) is 0 Å². The van der Waals surface area contributed by atoms with Crippen LogP contribution in [0.15, 0.2) is 60.7 Å². The van der Waals surface area contributed by atoms with Gasteiger partial charge in [-0.25, -0.2) is 4.79 Å². The van der Waals surface area contributed by atoms with Crippen molar-refractivity contribution in [3.05, 3.63) is 71.8 Å². The normalized spacial score (nSPS) is 18.6. The molecule has 0 aromatic heterocycles. The Balaban J connectivity index is 1.80. The summed E-state index contributed by atoms with van der Waals surface area (Å²) < 4.78 is 5.14. The number of hydrogen-bond donors (Lipinski definition) is 1. The van der Waals surface area contributed by atoms with Crippen LogP contribution in [0, 0.1) is 0 Å². The number of urea groups is 1. The third-order valence-electron chi connectivity index (χ3n) is 5.05. The monoisotopic (exact) mass is 394 g/mol. The Morgan fingerprint density at radius 1 is 1.03 bits per heavy atom. The Bertz CT molecular complexity index is 854. The molecule has 0 radical (unpaired) electrons. The van der Waals surface area contributed by atoms with Crippen molar-refractivity contribution in [2.75, 3.05) is 13.2 Å². The fourth-order valence-corrected chi connectivity index (χ4v) is 3.48. The van der Waals surface area contributed by atoms with E-state index in [2.05, 4.69) is 5.32 Å². The van der Waals surface area contributed by atoms with Gasteiger partial charge in [0, 0.05) is 13.0 Å². The van der Waals surface area contributed by atoms with Crippen molar-refractivity contribution >= 4 is 17.9 Å². The number of rotatable bonds is 9. The molecular weight excluding hydrogens is 368 g/mol. The number of nitrogens with zero attached hydrogens (tertiary/aromatic N) is 1. The van der Waals surface area contributed by atoms with Gasteiger partial charge in [0.2, 0.25) is 0 Å². The van der Waals surface area contributed by atoms with Crippen LogP contribution >= 0.6 is 0 Å². The van der Waals surface area contributed by atoms with Gasteiger partial charge in [-0.2, -0.15) is 0 Å². The number of unbranched alkanes of at least 4 members (excludes halogenated alkanes) is 1. The highest BCUT2D eigenvalue weighted by Crippen LogP contribution is 2.33. The summed E-state index contributed by atoms with van der Waals surface area (Å²) in [5.74, 6) is -0.752. The predicted octanol–water partition coefficient (Wildman–Crippen LogP) is 3.41. The van der Waals surface area contributed by atoms with E-state index in [-0.39, 0.29) is 18.9 Å². The Morgan fingerprint density at radius 3 is 2.34 bits per heavy atom. The molecule has 1 atom stereocenters. The Morgan fingerprint density at radius 2 is 1.69 bits per heavy atom. The lowest BCUT2D eigenvalue weighted by atomic mass is 9.83. The zero-order valence-corrected chi connectivity index (χ0v) is 16.6. The zero-order chi connectivity index (χ0) is 20.7. The van der Waals surface area contributed by atoms with Crippen LogP contribution in [0.25, 0.3) is 0 Å². The van der Waals surface area contributed by atoms with Crippen molar-refractivity contribution in [3.8, 4) is 0 Å². The highest BCUT2D eigenvalue weighted by Gasteiger charge is 2.52. The molecule has 152 valence electrons. The summed E-state index contributed by atoms with van der Waals surface area (Å²) in [6.45, 7) is 2.37. The summed E-state index contributed by atoms with van der Waals surface area (Å²) >= 11 is 0. The molecule has 3 amide bonds. The first kappa shape index (κ1) is 20.6. The second kappa shape index (κ2) is 9.37. The first-order valence-electron chi connectivity index (χ1n) is 9.96. The highest BCUT2D eigenvalue weighted by molar-refractivity contribution is 6.07. The molecule has 1 heterocycles. The van der Waals surface area contributed by atoms with Crippen LogP contribution in [0.2, 0.25) is 0 Å². The third-order valence-corrected chi connectivity index (χ3v) is 5.05. The van der Waals surface area contributed by atoms with Gasteiger partial charge >= 0.3 is 12.0 Å². The molecule has 6 nitrogen and oxygen atoms in total. The molecule has 29 heavy (non-hydrogen) atoms. The number of carbonyl (C=O) groups excluding carboxylic acids is 3. The summed E-state index contributed by atoms with van der Waals surface area (Å²) in [4.78, 5) is 39.1. The number of carbonyl (C=O) groups is 3. The number of nitrogens with one attached hydrogen (secondary N) is 1. The minimum Gasteiger partial charge on any atom is -0.466 e. The second-order valence-corrected chi connectivity index (χ2v) is 7.14. The lowest BCUT2D eigenvalue weighted by Crippen LogP contribution is -2.46. The molecule has 3 rings (SSSR count). The fourth-order valence-electron chi connectivity index (χ4n) is 3.48. The zero-order valence-electron chi connectivity index (χ0n) is 16.6. The Hall–Kier alpha value is -3.15. The van der Waals surface area contributed by atoms with E-state index in [9.17, 15) is 14.4 Å². The summed E-state index contributed by atoms with van der Waals surface area (Å²) in [5.41, 5.74) is 0.465. The molecule has 2 aromatic rings. The van der Waals surface area contributed by atoms with E-state index < -0.39 is 17.5 Å². The van der Waals surface area contributed by atoms with E-state index >= 15 is 0 Å². The molecule has 1 aliphatic heterocycles. The van der Waals surface area contributed by atoms with Gasteiger partial charge in [0.25, 0.3) is 5.91 Å². The summed E-state index contributed by atoms with van der Waals surface area (Å²) in [5, 5.41) is 2.89. The lowest BCUT2D eigenvalue weighted by molar-refractivity contribution is -0.144. The highest BCUT2D eigenvalue weighted by atomic mass is 16.5. The van der Waals surface area contributed by atoms with E-state index in [1.807, 2.05) is 67.6 Å². The van der Waals surface area contributed by atoms with Gasteiger partial charge in [0.05, 0.1) is 13.0 Å². The van der Waals surface area contributed by atoms with E-state index in [1.165, 1.54) is 0 Å². The molecule has 6 heteroatoms. The van der Waals surface area contributed by atoms with Crippen LogP contribution < -0.4 is 5.32 Å². The van der Waals surface area contributed by atoms with Gasteiger partial charge in [-0.1, -0.05) is 74.0 Å². The average molecular weight is 394 g/mol. The van der Waals surface area contributed by atoms with Gasteiger partial charge < -0.3 is 10.1 Å². The number of esters is 1.